The Labute approximate surface area is 188 Å². The van der Waals surface area contributed by atoms with E-state index in [0.29, 0.717) is 23.0 Å². The van der Waals surface area contributed by atoms with Gasteiger partial charge in [-0.2, -0.15) is 0 Å². The van der Waals surface area contributed by atoms with E-state index >= 15 is 0 Å². The Morgan fingerprint density at radius 3 is 2.66 bits per heavy atom. The van der Waals surface area contributed by atoms with Crippen molar-refractivity contribution >= 4 is 39.1 Å². The summed E-state index contributed by atoms with van der Waals surface area (Å²) >= 11 is 1.65. The van der Waals surface area contributed by atoms with Gasteiger partial charge in [-0.25, -0.2) is 14.8 Å². The van der Waals surface area contributed by atoms with Crippen molar-refractivity contribution in [1.29, 1.82) is 0 Å². The number of ether oxygens (including phenoxy) is 1. The molecule has 162 valence electrons. The number of anilines is 1. The molecule has 0 radical (unpaired) electrons. The van der Waals surface area contributed by atoms with E-state index in [4.69, 9.17) is 14.9 Å². The number of esters is 1. The Hall–Kier alpha value is -3.52. The highest BCUT2D eigenvalue weighted by Crippen LogP contribution is 2.37. The van der Waals surface area contributed by atoms with Crippen molar-refractivity contribution in [2.45, 2.75) is 39.2 Å². The van der Waals surface area contributed by atoms with E-state index in [0.717, 1.165) is 35.0 Å². The van der Waals surface area contributed by atoms with E-state index in [1.165, 1.54) is 23.8 Å². The number of nitrogen functional groups attached to an aromatic ring is 1. The van der Waals surface area contributed by atoms with Crippen LogP contribution in [0.1, 0.15) is 56.9 Å². The summed E-state index contributed by atoms with van der Waals surface area (Å²) in [5.41, 5.74) is 8.87. The van der Waals surface area contributed by atoms with Crippen LogP contribution in [0.15, 0.2) is 40.8 Å². The summed E-state index contributed by atoms with van der Waals surface area (Å²) in [5, 5.41) is 0.950. The number of Topliss-reactive ketones (excluding diaryl/α,β-unsaturated/α-hetero) is 1. The number of nitrogens with zero attached hydrogens (tertiary/aromatic N) is 2. The third-order valence-corrected chi connectivity index (χ3v) is 6.79. The fourth-order valence-electron chi connectivity index (χ4n) is 3.97. The summed E-state index contributed by atoms with van der Waals surface area (Å²) in [6.45, 7) is 1.42. The average molecular weight is 448 g/mol. The van der Waals surface area contributed by atoms with Crippen LogP contribution in [0.3, 0.4) is 0 Å². The van der Waals surface area contributed by atoms with Gasteiger partial charge in [-0.05, 0) is 50.3 Å². The first-order chi connectivity index (χ1) is 15.5. The maximum absolute atomic E-state index is 12.5. The largest absolute Gasteiger partial charge is 0.452 e. The zero-order valence-electron chi connectivity index (χ0n) is 17.5. The SMILES string of the molecule is CC(=O)c1ccc(-c2ccc(C(=O)OCc3nc(N)c4c5c(sc4n3)CCCC5)o2)cc1. The number of fused-ring (bicyclic) bond motifs is 3. The van der Waals surface area contributed by atoms with Crippen molar-refractivity contribution in [2.75, 3.05) is 5.73 Å². The number of carbonyl (C=O) groups excluding carboxylic acids is 2. The predicted octanol–water partition coefficient (Wildman–Crippen LogP) is 4.97. The quantitative estimate of drug-likeness (QED) is 0.340. The van der Waals surface area contributed by atoms with Crippen LogP contribution in [-0.4, -0.2) is 21.7 Å². The molecule has 0 aliphatic heterocycles. The van der Waals surface area contributed by atoms with Gasteiger partial charge in [0.2, 0.25) is 5.76 Å². The average Bonchev–Trinajstić information content (AvgIpc) is 3.43. The molecule has 1 aliphatic carbocycles. The number of benzene rings is 1. The van der Waals surface area contributed by atoms with Gasteiger partial charge in [0.25, 0.3) is 0 Å². The van der Waals surface area contributed by atoms with E-state index in [2.05, 4.69) is 9.97 Å². The van der Waals surface area contributed by atoms with Gasteiger partial charge >= 0.3 is 5.97 Å². The lowest BCUT2D eigenvalue weighted by Crippen LogP contribution is -2.08. The van der Waals surface area contributed by atoms with Gasteiger partial charge in [-0.1, -0.05) is 24.3 Å². The molecule has 0 saturated carbocycles. The molecule has 3 aromatic heterocycles. The van der Waals surface area contributed by atoms with E-state index in [-0.39, 0.29) is 18.2 Å². The minimum atomic E-state index is -0.607. The molecule has 0 amide bonds. The lowest BCUT2D eigenvalue weighted by atomic mass is 9.97. The maximum atomic E-state index is 12.5. The molecule has 32 heavy (non-hydrogen) atoms. The number of nitrogens with two attached hydrogens (primary N) is 1. The maximum Gasteiger partial charge on any atom is 0.374 e. The standard InChI is InChI=1S/C24H21N3O4S/c1-13(28)14-6-8-15(9-7-14)17-10-11-18(31-17)24(29)30-12-20-26-22(25)21-16-4-2-3-5-19(16)32-23(21)27-20/h6-11H,2-5,12H2,1H3,(H2,25,26,27). The fraction of sp³-hybridized carbons (Fsp3) is 0.250. The summed E-state index contributed by atoms with van der Waals surface area (Å²) in [7, 11) is 0. The first kappa shape index (κ1) is 20.4. The molecule has 2 N–H and O–H groups in total. The first-order valence-electron chi connectivity index (χ1n) is 10.4. The van der Waals surface area contributed by atoms with Crippen molar-refractivity contribution in [1.82, 2.24) is 9.97 Å². The van der Waals surface area contributed by atoms with Crippen LogP contribution in [0.4, 0.5) is 5.82 Å². The van der Waals surface area contributed by atoms with Crippen LogP contribution in [0, 0.1) is 0 Å². The normalized spacial score (nSPS) is 13.2. The highest BCUT2D eigenvalue weighted by Gasteiger charge is 2.21. The van der Waals surface area contributed by atoms with E-state index in [9.17, 15) is 9.59 Å². The lowest BCUT2D eigenvalue weighted by Gasteiger charge is -2.10. The van der Waals surface area contributed by atoms with Crippen LogP contribution in [0.25, 0.3) is 21.5 Å². The Bertz CT molecular complexity index is 1340. The molecule has 0 atom stereocenters. The highest BCUT2D eigenvalue weighted by atomic mass is 32.1. The van der Waals surface area contributed by atoms with Crippen LogP contribution in [-0.2, 0) is 24.2 Å². The summed E-state index contributed by atoms with van der Waals surface area (Å²) in [6.07, 6.45) is 4.40. The number of rotatable bonds is 5. The van der Waals surface area contributed by atoms with E-state index < -0.39 is 5.97 Å². The summed E-state index contributed by atoms with van der Waals surface area (Å²) < 4.78 is 11.0. The molecule has 0 fully saturated rings. The van der Waals surface area contributed by atoms with Crippen molar-refractivity contribution < 1.29 is 18.7 Å². The summed E-state index contributed by atoms with van der Waals surface area (Å²) in [5.74, 6) is 0.783. The molecule has 0 bridgehead atoms. The fourth-order valence-corrected chi connectivity index (χ4v) is 5.26. The zero-order chi connectivity index (χ0) is 22.2. The summed E-state index contributed by atoms with van der Waals surface area (Å²) in [6, 6.07) is 10.2. The Morgan fingerprint density at radius 2 is 1.88 bits per heavy atom. The number of hydrogen-bond acceptors (Lipinski definition) is 8. The van der Waals surface area contributed by atoms with Gasteiger partial charge in [0.15, 0.2) is 18.2 Å². The first-order valence-corrected chi connectivity index (χ1v) is 11.3. The molecular formula is C24H21N3O4S. The number of furan rings is 1. The van der Waals surface area contributed by atoms with Crippen LogP contribution < -0.4 is 5.73 Å². The Kier molecular flexibility index (Phi) is 5.22. The molecule has 7 nitrogen and oxygen atoms in total. The topological polar surface area (TPSA) is 108 Å². The van der Waals surface area contributed by atoms with Gasteiger partial charge in [-0.3, -0.25) is 4.79 Å². The second kappa shape index (κ2) is 8.20. The number of aryl methyl sites for hydroxylation is 2. The third kappa shape index (κ3) is 3.78. The van der Waals surface area contributed by atoms with Gasteiger partial charge in [0.05, 0.1) is 5.39 Å². The van der Waals surface area contributed by atoms with Crippen molar-refractivity contribution in [3.8, 4) is 11.3 Å². The second-order valence-electron chi connectivity index (χ2n) is 7.79. The minimum absolute atomic E-state index is 0.0102. The predicted molar refractivity (Wildman–Crippen MR) is 122 cm³/mol. The van der Waals surface area contributed by atoms with Crippen molar-refractivity contribution in [2.24, 2.45) is 0 Å². The molecule has 0 unspecified atom stereocenters. The number of ketones is 1. The smallest absolute Gasteiger partial charge is 0.374 e. The number of aromatic nitrogens is 2. The second-order valence-corrected chi connectivity index (χ2v) is 8.87. The van der Waals surface area contributed by atoms with Crippen molar-refractivity contribution in [3.63, 3.8) is 0 Å². The monoisotopic (exact) mass is 447 g/mol. The molecular weight excluding hydrogens is 426 g/mol. The molecule has 5 rings (SSSR count). The van der Waals surface area contributed by atoms with E-state index in [1.54, 1.807) is 47.7 Å². The highest BCUT2D eigenvalue weighted by molar-refractivity contribution is 7.19. The molecule has 0 spiro atoms. The van der Waals surface area contributed by atoms with Crippen LogP contribution in [0.2, 0.25) is 0 Å². The number of thiophene rings is 1. The van der Waals surface area contributed by atoms with E-state index in [1.807, 2.05) is 0 Å². The Balaban J connectivity index is 1.30. The summed E-state index contributed by atoms with van der Waals surface area (Å²) in [4.78, 5) is 35.0. The zero-order valence-corrected chi connectivity index (χ0v) is 18.3. The van der Waals surface area contributed by atoms with Gasteiger partial charge in [-0.15, -0.1) is 11.3 Å². The van der Waals surface area contributed by atoms with Crippen LogP contribution >= 0.6 is 11.3 Å². The minimum Gasteiger partial charge on any atom is -0.452 e. The lowest BCUT2D eigenvalue weighted by molar-refractivity contribution is 0.0427. The molecule has 4 aromatic rings. The van der Waals surface area contributed by atoms with Gasteiger partial charge in [0.1, 0.15) is 16.4 Å². The molecule has 8 heteroatoms. The third-order valence-electron chi connectivity index (χ3n) is 5.60. The molecule has 1 aromatic carbocycles. The number of carbonyl (C=O) groups is 2. The van der Waals surface area contributed by atoms with Crippen molar-refractivity contribution in [3.05, 3.63) is 64.0 Å². The molecule has 3 heterocycles. The van der Waals surface area contributed by atoms with Gasteiger partial charge < -0.3 is 14.9 Å². The molecule has 0 saturated heterocycles. The van der Waals surface area contributed by atoms with Crippen LogP contribution in [0.5, 0.6) is 0 Å². The van der Waals surface area contributed by atoms with Gasteiger partial charge in [0, 0.05) is 16.0 Å². The molecule has 1 aliphatic rings. The Morgan fingerprint density at radius 1 is 1.09 bits per heavy atom. The number of hydrogen-bond donors (Lipinski definition) is 1.